The van der Waals surface area contributed by atoms with Crippen molar-refractivity contribution in [1.29, 1.82) is 0 Å². The van der Waals surface area contributed by atoms with Gasteiger partial charge < -0.3 is 4.74 Å². The SMILES string of the molecule is COC(=O)[C@H]1[C@@H](c2ccc(-c3ccc(N=[N+]=[N-])c(I)c3)cc2)C[C@@H]2CC[C@H]1N2C. The van der Waals surface area contributed by atoms with Gasteiger partial charge in [-0.3, -0.25) is 9.69 Å². The molecule has 0 spiro atoms. The molecule has 2 saturated heterocycles. The van der Waals surface area contributed by atoms with E-state index in [1.165, 1.54) is 12.7 Å². The molecule has 2 aliphatic heterocycles. The predicted octanol–water partition coefficient (Wildman–Crippen LogP) is 5.64. The molecular formula is C22H23IN4O2. The molecular weight excluding hydrogens is 479 g/mol. The molecule has 4 rings (SSSR count). The van der Waals surface area contributed by atoms with Gasteiger partial charge in [-0.2, -0.15) is 0 Å². The highest BCUT2D eigenvalue weighted by atomic mass is 127. The third-order valence-corrected chi connectivity index (χ3v) is 7.38. The number of benzene rings is 2. The van der Waals surface area contributed by atoms with Crippen LogP contribution in [0.1, 0.15) is 30.7 Å². The summed E-state index contributed by atoms with van der Waals surface area (Å²) in [6.45, 7) is 0. The molecule has 0 amide bonds. The molecule has 0 aromatic heterocycles. The van der Waals surface area contributed by atoms with Gasteiger partial charge in [-0.1, -0.05) is 41.5 Å². The number of halogens is 1. The number of hydrogen-bond acceptors (Lipinski definition) is 4. The maximum atomic E-state index is 12.6. The van der Waals surface area contributed by atoms with Crippen LogP contribution in [-0.4, -0.2) is 37.1 Å². The van der Waals surface area contributed by atoms with Crippen LogP contribution in [0.15, 0.2) is 47.6 Å². The molecule has 0 aliphatic carbocycles. The molecule has 150 valence electrons. The molecule has 7 heteroatoms. The molecule has 4 atom stereocenters. The van der Waals surface area contributed by atoms with Crippen LogP contribution >= 0.6 is 22.6 Å². The average Bonchev–Trinajstić information content (AvgIpc) is 2.97. The lowest BCUT2D eigenvalue weighted by atomic mass is 9.76. The van der Waals surface area contributed by atoms with Crippen molar-refractivity contribution in [3.63, 3.8) is 0 Å². The van der Waals surface area contributed by atoms with Gasteiger partial charge >= 0.3 is 5.97 Å². The summed E-state index contributed by atoms with van der Waals surface area (Å²) in [6.07, 6.45) is 3.20. The van der Waals surface area contributed by atoms with Crippen molar-refractivity contribution in [2.75, 3.05) is 14.2 Å². The molecule has 2 aromatic carbocycles. The minimum absolute atomic E-state index is 0.0977. The minimum Gasteiger partial charge on any atom is -0.469 e. The Bertz CT molecular complexity index is 971. The number of nitrogens with zero attached hydrogens (tertiary/aromatic N) is 4. The van der Waals surface area contributed by atoms with Crippen LogP contribution in [-0.2, 0) is 9.53 Å². The van der Waals surface area contributed by atoms with E-state index >= 15 is 0 Å². The van der Waals surface area contributed by atoms with Gasteiger partial charge in [-0.15, -0.1) is 0 Å². The van der Waals surface area contributed by atoms with Gasteiger partial charge in [0, 0.05) is 26.5 Å². The number of carbonyl (C=O) groups excluding carboxylic acids is 1. The number of ether oxygens (including phenoxy) is 1. The van der Waals surface area contributed by atoms with Crippen LogP contribution < -0.4 is 0 Å². The Morgan fingerprint density at radius 1 is 1.21 bits per heavy atom. The Hall–Kier alpha value is -2.09. The van der Waals surface area contributed by atoms with Crippen LogP contribution in [0, 0.1) is 9.49 Å². The van der Waals surface area contributed by atoms with Crippen molar-refractivity contribution in [3.05, 3.63) is 62.0 Å². The van der Waals surface area contributed by atoms with Gasteiger partial charge in [0.1, 0.15) is 0 Å². The lowest BCUT2D eigenvalue weighted by molar-refractivity contribution is -0.150. The molecule has 0 N–H and O–H groups in total. The van der Waals surface area contributed by atoms with Crippen LogP contribution in [0.5, 0.6) is 0 Å². The third kappa shape index (κ3) is 3.74. The van der Waals surface area contributed by atoms with Crippen molar-refractivity contribution >= 4 is 34.2 Å². The van der Waals surface area contributed by atoms with E-state index < -0.39 is 0 Å². The predicted molar refractivity (Wildman–Crippen MR) is 121 cm³/mol. The lowest BCUT2D eigenvalue weighted by Gasteiger charge is -2.41. The highest BCUT2D eigenvalue weighted by Crippen LogP contribution is 2.46. The highest BCUT2D eigenvalue weighted by Gasteiger charge is 2.49. The number of esters is 1. The Morgan fingerprint density at radius 2 is 1.93 bits per heavy atom. The van der Waals surface area contributed by atoms with E-state index in [0.29, 0.717) is 11.7 Å². The second kappa shape index (κ2) is 8.34. The quantitative estimate of drug-likeness (QED) is 0.179. The first-order valence-corrected chi connectivity index (χ1v) is 10.9. The largest absolute Gasteiger partial charge is 0.469 e. The number of piperidine rings is 1. The number of rotatable bonds is 4. The number of azide groups is 1. The summed E-state index contributed by atoms with van der Waals surface area (Å²) in [5.41, 5.74) is 12.7. The van der Waals surface area contributed by atoms with E-state index in [9.17, 15) is 4.79 Å². The molecule has 2 bridgehead atoms. The van der Waals surface area contributed by atoms with Gasteiger partial charge in [-0.25, -0.2) is 0 Å². The molecule has 6 nitrogen and oxygen atoms in total. The summed E-state index contributed by atoms with van der Waals surface area (Å²) in [5, 5.41) is 3.70. The smallest absolute Gasteiger partial charge is 0.310 e. The van der Waals surface area contributed by atoms with E-state index in [4.69, 9.17) is 10.3 Å². The molecule has 0 radical (unpaired) electrons. The van der Waals surface area contributed by atoms with Gasteiger partial charge in [-0.05, 0) is 77.2 Å². The van der Waals surface area contributed by atoms with Gasteiger partial charge in [0.15, 0.2) is 0 Å². The molecule has 2 heterocycles. The molecule has 2 aliphatic rings. The van der Waals surface area contributed by atoms with E-state index in [0.717, 1.165) is 34.0 Å². The second-order valence-electron chi connectivity index (χ2n) is 7.83. The summed E-state index contributed by atoms with van der Waals surface area (Å²) >= 11 is 2.18. The number of methoxy groups -OCH3 is 1. The zero-order valence-electron chi connectivity index (χ0n) is 16.5. The number of carbonyl (C=O) groups is 1. The average molecular weight is 502 g/mol. The summed E-state index contributed by atoms with van der Waals surface area (Å²) in [5.74, 6) is -0.0178. The van der Waals surface area contributed by atoms with Crippen molar-refractivity contribution < 1.29 is 9.53 Å². The lowest BCUT2D eigenvalue weighted by Crippen LogP contribution is -2.49. The first-order valence-electron chi connectivity index (χ1n) is 9.78. The van der Waals surface area contributed by atoms with Gasteiger partial charge in [0.2, 0.25) is 0 Å². The van der Waals surface area contributed by atoms with E-state index in [-0.39, 0.29) is 23.8 Å². The van der Waals surface area contributed by atoms with Crippen LogP contribution in [0.2, 0.25) is 0 Å². The minimum atomic E-state index is -0.112. The topological polar surface area (TPSA) is 78.3 Å². The standard InChI is InChI=1S/C22H23IN4O2/c1-27-16-8-10-20(27)21(22(28)29-2)17(12-16)14-5-3-13(4-6-14)15-7-9-19(25-26-24)18(23)11-15/h3-7,9,11,16-17,20-21H,8,10,12H2,1-2H3/t16-,17+,20+,21-/m0/s1. The molecule has 2 fully saturated rings. The highest BCUT2D eigenvalue weighted by molar-refractivity contribution is 14.1. The van der Waals surface area contributed by atoms with Crippen LogP contribution in [0.25, 0.3) is 21.6 Å². The van der Waals surface area contributed by atoms with Crippen LogP contribution in [0.4, 0.5) is 5.69 Å². The van der Waals surface area contributed by atoms with Gasteiger partial charge in [0.05, 0.1) is 18.7 Å². The fourth-order valence-corrected chi connectivity index (χ4v) is 5.63. The fourth-order valence-electron chi connectivity index (χ4n) is 5.01. The van der Waals surface area contributed by atoms with Crippen molar-refractivity contribution in [1.82, 2.24) is 4.90 Å². The van der Waals surface area contributed by atoms with Crippen molar-refractivity contribution in [3.8, 4) is 11.1 Å². The number of hydrogen-bond donors (Lipinski definition) is 0. The fraction of sp³-hybridized carbons (Fsp3) is 0.409. The Kier molecular flexibility index (Phi) is 5.81. The van der Waals surface area contributed by atoms with E-state index in [2.05, 4.69) is 68.8 Å². The van der Waals surface area contributed by atoms with E-state index in [1.54, 1.807) is 0 Å². The normalized spacial score (nSPS) is 26.0. The molecule has 29 heavy (non-hydrogen) atoms. The maximum absolute atomic E-state index is 12.6. The van der Waals surface area contributed by atoms with E-state index in [1.807, 2.05) is 18.2 Å². The monoisotopic (exact) mass is 502 g/mol. The Morgan fingerprint density at radius 3 is 2.59 bits per heavy atom. The zero-order valence-corrected chi connectivity index (χ0v) is 18.6. The third-order valence-electron chi connectivity index (χ3n) is 6.51. The summed E-state index contributed by atoms with van der Waals surface area (Å²) in [6, 6.07) is 15.2. The zero-order chi connectivity index (χ0) is 20.5. The summed E-state index contributed by atoms with van der Waals surface area (Å²) in [7, 11) is 3.63. The first kappa shape index (κ1) is 20.2. The molecule has 0 unspecified atom stereocenters. The Balaban J connectivity index is 1.62. The second-order valence-corrected chi connectivity index (χ2v) is 8.99. The number of fused-ring (bicyclic) bond motifs is 2. The molecule has 2 aromatic rings. The van der Waals surface area contributed by atoms with Crippen LogP contribution in [0.3, 0.4) is 0 Å². The summed E-state index contributed by atoms with van der Waals surface area (Å²) in [4.78, 5) is 17.8. The van der Waals surface area contributed by atoms with Gasteiger partial charge in [0.25, 0.3) is 0 Å². The summed E-state index contributed by atoms with van der Waals surface area (Å²) < 4.78 is 6.09. The van der Waals surface area contributed by atoms with Crippen molar-refractivity contribution in [2.24, 2.45) is 11.0 Å². The molecule has 0 saturated carbocycles. The Labute approximate surface area is 184 Å². The van der Waals surface area contributed by atoms with Crippen molar-refractivity contribution in [2.45, 2.75) is 37.3 Å². The first-order chi connectivity index (χ1) is 14.0. The maximum Gasteiger partial charge on any atom is 0.310 e.